The smallest absolute Gasteiger partial charge is 0.347 e. The Morgan fingerprint density at radius 1 is 1.07 bits per heavy atom. The Balaban J connectivity index is 0.00000218. The van der Waals surface area contributed by atoms with Crippen LogP contribution in [0.1, 0.15) is 35.7 Å². The zero-order chi connectivity index (χ0) is 20.6. The number of halogens is 4. The number of aromatic nitrogens is 1. The maximum Gasteiger partial charge on any atom is 0.416 e. The van der Waals surface area contributed by atoms with Gasteiger partial charge in [-0.3, -0.25) is 0 Å². The van der Waals surface area contributed by atoms with Gasteiger partial charge in [-0.25, -0.2) is 8.42 Å². The minimum Gasteiger partial charge on any atom is -0.347 e. The third-order valence-electron chi connectivity index (χ3n) is 6.15. The second-order valence-electron chi connectivity index (χ2n) is 7.83. The molecule has 2 atom stereocenters. The van der Waals surface area contributed by atoms with E-state index < -0.39 is 21.6 Å². The summed E-state index contributed by atoms with van der Waals surface area (Å²) in [5.74, 6) is 0. The second-order valence-corrected chi connectivity index (χ2v) is 9.77. The third kappa shape index (κ3) is 3.13. The molecular weight excluding hydrogens is 437 g/mol. The Kier molecular flexibility index (Phi) is 4.95. The van der Waals surface area contributed by atoms with Crippen molar-refractivity contribution in [3.63, 3.8) is 0 Å². The van der Waals surface area contributed by atoms with E-state index in [4.69, 9.17) is 0 Å². The van der Waals surface area contributed by atoms with Crippen molar-refractivity contribution in [2.45, 2.75) is 47.3 Å². The van der Waals surface area contributed by atoms with Gasteiger partial charge in [-0.05, 0) is 54.8 Å². The SMILES string of the molecule is Cl.Cn1c2c(c3cc(S(=O)(=O)c4cccc(C(F)(F)F)c4)ccc31)C1CCC(C2)N1. The molecule has 3 heterocycles. The normalized spacial score (nSPS) is 20.8. The third-order valence-corrected chi connectivity index (χ3v) is 7.90. The van der Waals surface area contributed by atoms with Crippen LogP contribution in [-0.2, 0) is 29.5 Å². The number of aryl methyl sites for hydroxylation is 1. The van der Waals surface area contributed by atoms with Crippen LogP contribution < -0.4 is 5.32 Å². The quantitative estimate of drug-likeness (QED) is 0.602. The fourth-order valence-corrected chi connectivity index (χ4v) is 6.06. The molecule has 2 bridgehead atoms. The molecule has 5 rings (SSSR count). The number of benzene rings is 2. The minimum absolute atomic E-state index is 0. The maximum atomic E-state index is 13.1. The summed E-state index contributed by atoms with van der Waals surface area (Å²) in [6.45, 7) is 0. The number of hydrogen-bond donors (Lipinski definition) is 1. The molecule has 1 saturated heterocycles. The average molecular weight is 457 g/mol. The molecule has 0 amide bonds. The van der Waals surface area contributed by atoms with Crippen molar-refractivity contribution in [2.24, 2.45) is 7.05 Å². The first-order valence-electron chi connectivity index (χ1n) is 9.46. The highest BCUT2D eigenvalue weighted by Crippen LogP contribution is 2.42. The summed E-state index contributed by atoms with van der Waals surface area (Å²) in [5, 5.41) is 4.43. The summed E-state index contributed by atoms with van der Waals surface area (Å²) in [6.07, 6.45) is -1.62. The van der Waals surface area contributed by atoms with Crippen molar-refractivity contribution in [1.82, 2.24) is 9.88 Å². The van der Waals surface area contributed by atoms with Crippen molar-refractivity contribution in [3.8, 4) is 0 Å². The molecule has 2 aliphatic rings. The lowest BCUT2D eigenvalue weighted by Gasteiger charge is -2.23. The Bertz CT molecular complexity index is 1250. The lowest BCUT2D eigenvalue weighted by Crippen LogP contribution is -2.32. The average Bonchev–Trinajstić information content (AvgIpc) is 3.20. The van der Waals surface area contributed by atoms with E-state index in [-0.39, 0.29) is 28.2 Å². The molecule has 3 aromatic rings. The van der Waals surface area contributed by atoms with Crippen LogP contribution in [0.3, 0.4) is 0 Å². The Morgan fingerprint density at radius 3 is 2.53 bits per heavy atom. The van der Waals surface area contributed by atoms with Gasteiger partial charge in [0, 0.05) is 42.1 Å². The predicted molar refractivity (Wildman–Crippen MR) is 110 cm³/mol. The first-order chi connectivity index (χ1) is 13.7. The summed E-state index contributed by atoms with van der Waals surface area (Å²) in [6, 6.07) is 9.39. The number of nitrogens with one attached hydrogen (secondary N) is 1. The van der Waals surface area contributed by atoms with Gasteiger partial charge in [0.25, 0.3) is 0 Å². The molecule has 2 aromatic carbocycles. The maximum absolute atomic E-state index is 13.1. The molecule has 9 heteroatoms. The minimum atomic E-state index is -4.60. The number of sulfone groups is 1. The van der Waals surface area contributed by atoms with E-state index >= 15 is 0 Å². The monoisotopic (exact) mass is 456 g/mol. The van der Waals surface area contributed by atoms with Gasteiger partial charge in [0.05, 0.1) is 15.4 Å². The van der Waals surface area contributed by atoms with Crippen LogP contribution in [0.4, 0.5) is 13.2 Å². The number of nitrogens with zero attached hydrogens (tertiary/aromatic N) is 1. The van der Waals surface area contributed by atoms with Gasteiger partial charge in [-0.2, -0.15) is 13.2 Å². The van der Waals surface area contributed by atoms with Gasteiger partial charge in [0.1, 0.15) is 0 Å². The Labute approximate surface area is 178 Å². The first-order valence-corrected chi connectivity index (χ1v) is 10.9. The number of alkyl halides is 3. The first kappa shape index (κ1) is 21.2. The van der Waals surface area contributed by atoms with E-state index in [1.54, 1.807) is 12.1 Å². The van der Waals surface area contributed by atoms with Crippen molar-refractivity contribution in [1.29, 1.82) is 0 Å². The van der Waals surface area contributed by atoms with Crippen LogP contribution in [0, 0.1) is 0 Å². The topological polar surface area (TPSA) is 51.1 Å². The second kappa shape index (κ2) is 7.00. The summed E-state index contributed by atoms with van der Waals surface area (Å²) in [5.41, 5.74) is 2.29. The lowest BCUT2D eigenvalue weighted by atomic mass is 9.99. The largest absolute Gasteiger partial charge is 0.416 e. The lowest BCUT2D eigenvalue weighted by molar-refractivity contribution is -0.137. The highest BCUT2D eigenvalue weighted by atomic mass is 35.5. The molecule has 4 nitrogen and oxygen atoms in total. The molecule has 160 valence electrons. The number of fused-ring (bicyclic) bond motifs is 6. The van der Waals surface area contributed by atoms with Crippen LogP contribution in [0.15, 0.2) is 52.3 Å². The van der Waals surface area contributed by atoms with E-state index in [0.717, 1.165) is 47.9 Å². The highest BCUT2D eigenvalue weighted by Gasteiger charge is 2.36. The van der Waals surface area contributed by atoms with Crippen LogP contribution in [0.5, 0.6) is 0 Å². The van der Waals surface area contributed by atoms with Gasteiger partial charge >= 0.3 is 6.18 Å². The number of hydrogen-bond acceptors (Lipinski definition) is 3. The highest BCUT2D eigenvalue weighted by molar-refractivity contribution is 7.91. The summed E-state index contributed by atoms with van der Waals surface area (Å²) in [7, 11) is -2.09. The summed E-state index contributed by atoms with van der Waals surface area (Å²) >= 11 is 0. The van der Waals surface area contributed by atoms with Gasteiger partial charge in [-0.1, -0.05) is 6.07 Å². The van der Waals surface area contributed by atoms with Crippen LogP contribution >= 0.6 is 12.4 Å². The molecule has 0 radical (unpaired) electrons. The van der Waals surface area contributed by atoms with Crippen molar-refractivity contribution in [3.05, 3.63) is 59.3 Å². The standard InChI is InChI=1S/C21H19F3N2O2S.ClH/c1-26-18-8-6-15(11-16(18)20-17-7-5-13(25-17)10-19(20)26)29(27,28)14-4-2-3-12(9-14)21(22,23)24;/h2-4,6,8-9,11,13,17,25H,5,7,10H2,1H3;1H. The van der Waals surface area contributed by atoms with Crippen molar-refractivity contribution in [2.75, 3.05) is 0 Å². The Morgan fingerprint density at radius 2 is 1.80 bits per heavy atom. The van der Waals surface area contributed by atoms with Gasteiger partial charge in [0.15, 0.2) is 0 Å². The van der Waals surface area contributed by atoms with Crippen LogP contribution in [-0.4, -0.2) is 19.0 Å². The van der Waals surface area contributed by atoms with Crippen molar-refractivity contribution < 1.29 is 21.6 Å². The molecule has 0 saturated carbocycles. The zero-order valence-corrected chi connectivity index (χ0v) is 17.7. The van der Waals surface area contributed by atoms with E-state index in [9.17, 15) is 21.6 Å². The van der Waals surface area contributed by atoms with Gasteiger partial charge in [0.2, 0.25) is 9.84 Å². The molecule has 1 aromatic heterocycles. The van der Waals surface area contributed by atoms with E-state index in [1.807, 2.05) is 7.05 Å². The fourth-order valence-electron chi connectivity index (χ4n) is 4.72. The fraction of sp³-hybridized carbons (Fsp3) is 0.333. The van der Waals surface area contributed by atoms with Crippen LogP contribution in [0.2, 0.25) is 0 Å². The molecule has 30 heavy (non-hydrogen) atoms. The zero-order valence-electron chi connectivity index (χ0n) is 16.0. The summed E-state index contributed by atoms with van der Waals surface area (Å²) in [4.78, 5) is -0.339. The molecule has 1 fully saturated rings. The molecule has 1 N–H and O–H groups in total. The Hall–Kier alpha value is -2.03. The summed E-state index contributed by atoms with van der Waals surface area (Å²) < 4.78 is 67.4. The van der Waals surface area contributed by atoms with Crippen LogP contribution in [0.25, 0.3) is 10.9 Å². The van der Waals surface area contributed by atoms with Gasteiger partial charge in [-0.15, -0.1) is 12.4 Å². The molecule has 2 aliphatic heterocycles. The molecular formula is C21H20ClF3N2O2S. The van der Waals surface area contributed by atoms with Gasteiger partial charge < -0.3 is 9.88 Å². The van der Waals surface area contributed by atoms with E-state index in [1.165, 1.54) is 17.8 Å². The number of rotatable bonds is 2. The molecule has 0 spiro atoms. The van der Waals surface area contributed by atoms with E-state index in [2.05, 4.69) is 9.88 Å². The molecule has 0 aliphatic carbocycles. The van der Waals surface area contributed by atoms with E-state index in [0.29, 0.717) is 12.1 Å². The van der Waals surface area contributed by atoms with Crippen molar-refractivity contribution >= 4 is 33.1 Å². The molecule has 2 unspecified atom stereocenters. The predicted octanol–water partition coefficient (Wildman–Crippen LogP) is 4.80.